The summed E-state index contributed by atoms with van der Waals surface area (Å²) >= 11 is 3.45. The largest absolute Gasteiger partial charge is 0.369 e. The summed E-state index contributed by atoms with van der Waals surface area (Å²) in [6.07, 6.45) is 2.13. The summed E-state index contributed by atoms with van der Waals surface area (Å²) < 4.78 is 0.970. The van der Waals surface area contributed by atoms with Gasteiger partial charge in [-0.25, -0.2) is 0 Å². The molecule has 0 saturated carbocycles. The van der Waals surface area contributed by atoms with E-state index in [2.05, 4.69) is 42.0 Å². The molecule has 4 atom stereocenters. The van der Waals surface area contributed by atoms with Crippen molar-refractivity contribution in [3.63, 3.8) is 0 Å². The van der Waals surface area contributed by atoms with Gasteiger partial charge >= 0.3 is 0 Å². The number of hydrogen-bond donors (Lipinski definition) is 2. The SMILES string of the molecule is CC1CCC(C(C)C)C2=C1C(c1ccc(Br)cc1)C(C(N)=O)C(=O)N2. The minimum absolute atomic E-state index is 0.265. The van der Waals surface area contributed by atoms with Crippen LogP contribution in [0.5, 0.6) is 0 Å². The van der Waals surface area contributed by atoms with E-state index < -0.39 is 11.8 Å². The smallest absolute Gasteiger partial charge is 0.237 e. The predicted octanol–water partition coefficient (Wildman–Crippen LogP) is 3.72. The predicted molar refractivity (Wildman–Crippen MR) is 101 cm³/mol. The van der Waals surface area contributed by atoms with E-state index in [1.54, 1.807) is 0 Å². The fourth-order valence-corrected chi connectivity index (χ4v) is 4.66. The second kappa shape index (κ2) is 6.94. The van der Waals surface area contributed by atoms with E-state index >= 15 is 0 Å². The number of carbonyl (C=O) groups excluding carboxylic acids is 2. The Morgan fingerprint density at radius 3 is 2.44 bits per heavy atom. The molecule has 0 spiro atoms. The molecule has 5 heteroatoms. The summed E-state index contributed by atoms with van der Waals surface area (Å²) in [6.45, 7) is 6.56. The van der Waals surface area contributed by atoms with Gasteiger partial charge in [-0.15, -0.1) is 0 Å². The maximum Gasteiger partial charge on any atom is 0.237 e. The Morgan fingerprint density at radius 2 is 1.88 bits per heavy atom. The number of amides is 2. The van der Waals surface area contributed by atoms with Crippen LogP contribution in [-0.4, -0.2) is 11.8 Å². The molecule has 2 amide bonds. The number of primary amides is 1. The van der Waals surface area contributed by atoms with Crippen LogP contribution in [0.3, 0.4) is 0 Å². The highest BCUT2D eigenvalue weighted by Crippen LogP contribution is 2.48. The van der Waals surface area contributed by atoms with Crippen molar-refractivity contribution in [1.29, 1.82) is 0 Å². The molecule has 25 heavy (non-hydrogen) atoms. The van der Waals surface area contributed by atoms with Crippen molar-refractivity contribution in [2.75, 3.05) is 0 Å². The molecule has 0 saturated heterocycles. The zero-order chi connectivity index (χ0) is 18.3. The van der Waals surface area contributed by atoms with E-state index in [9.17, 15) is 9.59 Å². The molecule has 0 bridgehead atoms. The molecular formula is C20H25BrN2O2. The second-order valence-corrected chi connectivity index (χ2v) is 8.51. The molecule has 0 fully saturated rings. The maximum absolute atomic E-state index is 12.8. The molecule has 4 nitrogen and oxygen atoms in total. The van der Waals surface area contributed by atoms with Gasteiger partial charge in [-0.1, -0.05) is 48.8 Å². The van der Waals surface area contributed by atoms with Crippen molar-refractivity contribution in [3.8, 4) is 0 Å². The van der Waals surface area contributed by atoms with Crippen molar-refractivity contribution >= 4 is 27.7 Å². The number of carbonyl (C=O) groups is 2. The maximum atomic E-state index is 12.8. The molecule has 1 aromatic rings. The van der Waals surface area contributed by atoms with Crippen LogP contribution in [0.15, 0.2) is 40.0 Å². The lowest BCUT2D eigenvalue weighted by Gasteiger charge is -2.43. The van der Waals surface area contributed by atoms with Gasteiger partial charge in [0.25, 0.3) is 0 Å². The standard InChI is InChI=1S/C20H25BrN2O2/c1-10(2)14-9-4-11(3)15-16(12-5-7-13(21)8-6-12)17(19(22)24)20(25)23-18(14)15/h5-8,10-11,14,16-17H,4,9H2,1-3H3,(H2,22,24)(H,23,25). The highest BCUT2D eigenvalue weighted by atomic mass is 79.9. The third-order valence-corrected chi connectivity index (χ3v) is 6.20. The monoisotopic (exact) mass is 404 g/mol. The van der Waals surface area contributed by atoms with Gasteiger partial charge in [0.05, 0.1) is 0 Å². The molecule has 3 N–H and O–H groups in total. The van der Waals surface area contributed by atoms with Crippen molar-refractivity contribution in [1.82, 2.24) is 5.32 Å². The fraction of sp³-hybridized carbons (Fsp3) is 0.500. The van der Waals surface area contributed by atoms with Gasteiger partial charge in [0, 0.05) is 22.0 Å². The van der Waals surface area contributed by atoms with Gasteiger partial charge in [-0.05, 0) is 47.9 Å². The van der Waals surface area contributed by atoms with Crippen LogP contribution >= 0.6 is 15.9 Å². The minimum atomic E-state index is -0.853. The molecule has 0 radical (unpaired) electrons. The lowest BCUT2D eigenvalue weighted by atomic mass is 9.65. The van der Waals surface area contributed by atoms with E-state index in [-0.39, 0.29) is 11.8 Å². The number of nitrogens with two attached hydrogens (primary N) is 1. The van der Waals surface area contributed by atoms with E-state index in [0.29, 0.717) is 17.8 Å². The summed E-state index contributed by atoms with van der Waals surface area (Å²) in [5.41, 5.74) is 8.84. The lowest BCUT2D eigenvalue weighted by Crippen LogP contribution is -2.50. The van der Waals surface area contributed by atoms with Gasteiger partial charge in [-0.3, -0.25) is 9.59 Å². The molecule has 3 rings (SSSR count). The first kappa shape index (κ1) is 18.2. The van der Waals surface area contributed by atoms with Crippen molar-refractivity contribution < 1.29 is 9.59 Å². The fourth-order valence-electron chi connectivity index (χ4n) is 4.39. The van der Waals surface area contributed by atoms with Crippen LogP contribution in [0.25, 0.3) is 0 Å². The van der Waals surface area contributed by atoms with Crippen molar-refractivity contribution in [2.45, 2.75) is 39.5 Å². The van der Waals surface area contributed by atoms with Gasteiger partial charge in [0.2, 0.25) is 11.8 Å². The Labute approximate surface area is 157 Å². The van der Waals surface area contributed by atoms with E-state index in [4.69, 9.17) is 5.73 Å². The summed E-state index contributed by atoms with van der Waals surface area (Å²) in [5, 5.41) is 3.05. The lowest BCUT2D eigenvalue weighted by molar-refractivity contribution is -0.134. The van der Waals surface area contributed by atoms with E-state index in [1.165, 1.54) is 5.57 Å². The molecule has 0 aromatic heterocycles. The number of nitrogens with one attached hydrogen (secondary N) is 1. The van der Waals surface area contributed by atoms with Crippen molar-refractivity contribution in [3.05, 3.63) is 45.6 Å². The summed E-state index contributed by atoms with van der Waals surface area (Å²) in [4.78, 5) is 24.9. The van der Waals surface area contributed by atoms with Gasteiger partial charge in [0.1, 0.15) is 5.92 Å². The molecule has 1 heterocycles. The Morgan fingerprint density at radius 1 is 1.24 bits per heavy atom. The van der Waals surface area contributed by atoms with E-state index in [1.807, 2.05) is 24.3 Å². The first-order valence-corrected chi connectivity index (χ1v) is 9.70. The van der Waals surface area contributed by atoms with Crippen molar-refractivity contribution in [2.24, 2.45) is 29.4 Å². The van der Waals surface area contributed by atoms with Crippen LogP contribution < -0.4 is 11.1 Å². The Kier molecular flexibility index (Phi) is 5.05. The molecular weight excluding hydrogens is 380 g/mol. The van der Waals surface area contributed by atoms with Crippen LogP contribution in [0, 0.1) is 23.7 Å². The molecule has 2 aliphatic rings. The van der Waals surface area contributed by atoms with Crippen LogP contribution in [-0.2, 0) is 9.59 Å². The van der Waals surface area contributed by atoms with E-state index in [0.717, 1.165) is 28.6 Å². The molecule has 4 unspecified atom stereocenters. The Bertz CT molecular complexity index is 724. The second-order valence-electron chi connectivity index (χ2n) is 7.60. The van der Waals surface area contributed by atoms with Gasteiger partial charge < -0.3 is 11.1 Å². The Hall–Kier alpha value is -1.62. The molecule has 134 valence electrons. The molecule has 1 aliphatic carbocycles. The topological polar surface area (TPSA) is 72.2 Å². The first-order chi connectivity index (χ1) is 11.8. The number of benzene rings is 1. The number of rotatable bonds is 3. The van der Waals surface area contributed by atoms with Crippen LogP contribution in [0.1, 0.15) is 45.1 Å². The normalized spacial score (nSPS) is 29.4. The zero-order valence-corrected chi connectivity index (χ0v) is 16.5. The zero-order valence-electron chi connectivity index (χ0n) is 14.9. The number of allylic oxidation sites excluding steroid dienone is 2. The highest BCUT2D eigenvalue weighted by molar-refractivity contribution is 9.10. The van der Waals surface area contributed by atoms with Gasteiger partial charge in [0.15, 0.2) is 0 Å². The summed E-state index contributed by atoms with van der Waals surface area (Å²) in [5.74, 6) is -0.870. The Balaban J connectivity index is 2.19. The molecule has 1 aromatic carbocycles. The summed E-state index contributed by atoms with van der Waals surface area (Å²) in [7, 11) is 0. The summed E-state index contributed by atoms with van der Waals surface area (Å²) in [6, 6.07) is 7.88. The number of hydrogen-bond acceptors (Lipinski definition) is 2. The average Bonchev–Trinajstić information content (AvgIpc) is 2.54. The third-order valence-electron chi connectivity index (χ3n) is 5.67. The quantitative estimate of drug-likeness (QED) is 0.753. The molecule has 1 aliphatic heterocycles. The number of halogens is 1. The third kappa shape index (κ3) is 3.26. The van der Waals surface area contributed by atoms with Gasteiger partial charge in [-0.2, -0.15) is 0 Å². The minimum Gasteiger partial charge on any atom is -0.369 e. The average molecular weight is 405 g/mol. The van der Waals surface area contributed by atoms with Crippen LogP contribution in [0.4, 0.5) is 0 Å². The van der Waals surface area contributed by atoms with Crippen LogP contribution in [0.2, 0.25) is 0 Å². The first-order valence-electron chi connectivity index (χ1n) is 8.90. The highest BCUT2D eigenvalue weighted by Gasteiger charge is 2.46.